The third-order valence-electron chi connectivity index (χ3n) is 3.27. The molecule has 0 spiro atoms. The van der Waals surface area contributed by atoms with Crippen LogP contribution in [0.15, 0.2) is 31.0 Å². The number of hydrogen-bond acceptors (Lipinski definition) is 2. The molecule has 2 aromatic rings. The third kappa shape index (κ3) is 1.87. The molecule has 0 amide bonds. The van der Waals surface area contributed by atoms with E-state index >= 15 is 0 Å². The molecule has 16 heavy (non-hydrogen) atoms. The van der Waals surface area contributed by atoms with Crippen molar-refractivity contribution in [3.8, 4) is 0 Å². The maximum absolute atomic E-state index is 4.64. The summed E-state index contributed by atoms with van der Waals surface area (Å²) >= 11 is 0. The van der Waals surface area contributed by atoms with Gasteiger partial charge in [0.1, 0.15) is 0 Å². The highest BCUT2D eigenvalue weighted by Crippen LogP contribution is 2.28. The van der Waals surface area contributed by atoms with Crippen LogP contribution in [-0.4, -0.2) is 19.3 Å². The number of aromatic nitrogens is 4. The van der Waals surface area contributed by atoms with E-state index in [9.17, 15) is 0 Å². The first-order valence-electron chi connectivity index (χ1n) is 5.91. The Morgan fingerprint density at radius 2 is 2.12 bits per heavy atom. The second-order valence-electron chi connectivity index (χ2n) is 4.46. The van der Waals surface area contributed by atoms with Crippen LogP contribution in [0.25, 0.3) is 0 Å². The quantitative estimate of drug-likeness (QED) is 0.788. The number of rotatable bonds is 3. The number of imidazole rings is 1. The molecule has 84 valence electrons. The lowest BCUT2D eigenvalue weighted by Gasteiger charge is -2.08. The minimum Gasteiger partial charge on any atom is -0.331 e. The zero-order chi connectivity index (χ0) is 10.8. The van der Waals surface area contributed by atoms with Crippen LogP contribution in [-0.2, 0) is 6.54 Å². The van der Waals surface area contributed by atoms with Gasteiger partial charge in [0.2, 0.25) is 0 Å². The average molecular weight is 216 g/mol. The van der Waals surface area contributed by atoms with Crippen LogP contribution in [0.3, 0.4) is 0 Å². The van der Waals surface area contributed by atoms with Gasteiger partial charge < -0.3 is 4.57 Å². The van der Waals surface area contributed by atoms with Gasteiger partial charge in [-0.1, -0.05) is 12.8 Å². The molecular weight excluding hydrogens is 200 g/mol. The Morgan fingerprint density at radius 1 is 1.25 bits per heavy atom. The van der Waals surface area contributed by atoms with Crippen molar-refractivity contribution in [1.82, 2.24) is 19.3 Å². The van der Waals surface area contributed by atoms with Gasteiger partial charge in [0.05, 0.1) is 24.6 Å². The second kappa shape index (κ2) is 4.12. The summed E-state index contributed by atoms with van der Waals surface area (Å²) in [6.45, 7) is 0.819. The lowest BCUT2D eigenvalue weighted by atomic mass is 10.3. The predicted molar refractivity (Wildman–Crippen MR) is 61.1 cm³/mol. The highest BCUT2D eigenvalue weighted by molar-refractivity contribution is 5.01. The van der Waals surface area contributed by atoms with Crippen molar-refractivity contribution in [3.63, 3.8) is 0 Å². The topological polar surface area (TPSA) is 35.6 Å². The fourth-order valence-corrected chi connectivity index (χ4v) is 2.40. The van der Waals surface area contributed by atoms with Crippen molar-refractivity contribution in [3.05, 3.63) is 36.7 Å². The van der Waals surface area contributed by atoms with E-state index in [1.54, 1.807) is 6.20 Å². The Hall–Kier alpha value is -1.58. The molecule has 0 aliphatic heterocycles. The summed E-state index contributed by atoms with van der Waals surface area (Å²) in [4.78, 5) is 4.03. The molecule has 1 saturated carbocycles. The Morgan fingerprint density at radius 3 is 2.88 bits per heavy atom. The van der Waals surface area contributed by atoms with E-state index in [1.807, 2.05) is 17.1 Å². The molecule has 0 N–H and O–H groups in total. The number of nitrogens with zero attached hydrogens (tertiary/aromatic N) is 4. The van der Waals surface area contributed by atoms with Gasteiger partial charge in [-0.3, -0.25) is 4.68 Å². The number of hydrogen-bond donors (Lipinski definition) is 0. The fraction of sp³-hybridized carbons (Fsp3) is 0.500. The van der Waals surface area contributed by atoms with Gasteiger partial charge in [-0.2, -0.15) is 5.10 Å². The average Bonchev–Trinajstić information content (AvgIpc) is 2.99. The normalized spacial score (nSPS) is 17.0. The lowest BCUT2D eigenvalue weighted by molar-refractivity contribution is 0.461. The lowest BCUT2D eigenvalue weighted by Crippen LogP contribution is -2.06. The molecule has 3 rings (SSSR count). The standard InChI is InChI=1S/C12H16N4/c1-2-4-12(3-1)16-7-5-11(14-16)9-15-8-6-13-10-15/h5-8,10,12H,1-4,9H2. The Bertz CT molecular complexity index is 437. The maximum atomic E-state index is 4.64. The molecule has 0 bridgehead atoms. The molecule has 1 aliphatic carbocycles. The third-order valence-corrected chi connectivity index (χ3v) is 3.27. The van der Waals surface area contributed by atoms with E-state index in [-0.39, 0.29) is 0 Å². The molecular formula is C12H16N4. The summed E-state index contributed by atoms with van der Waals surface area (Å²) in [5, 5.41) is 4.64. The molecule has 0 radical (unpaired) electrons. The minimum absolute atomic E-state index is 0.636. The summed E-state index contributed by atoms with van der Waals surface area (Å²) in [6.07, 6.45) is 13.0. The Labute approximate surface area is 94.9 Å². The molecule has 0 saturated heterocycles. The van der Waals surface area contributed by atoms with Crippen LogP contribution in [0.1, 0.15) is 37.4 Å². The summed E-state index contributed by atoms with van der Waals surface area (Å²) in [5.41, 5.74) is 1.12. The first-order chi connectivity index (χ1) is 7.92. The van der Waals surface area contributed by atoms with Gasteiger partial charge in [0.15, 0.2) is 0 Å². The van der Waals surface area contributed by atoms with Crippen LogP contribution in [0.5, 0.6) is 0 Å². The van der Waals surface area contributed by atoms with Gasteiger partial charge in [0, 0.05) is 18.6 Å². The summed E-state index contributed by atoms with van der Waals surface area (Å²) in [6, 6.07) is 2.75. The van der Waals surface area contributed by atoms with Crippen molar-refractivity contribution in [2.75, 3.05) is 0 Å². The predicted octanol–water partition coefficient (Wildman–Crippen LogP) is 2.24. The second-order valence-corrected chi connectivity index (χ2v) is 4.46. The molecule has 4 nitrogen and oxygen atoms in total. The Balaban J connectivity index is 1.72. The highest BCUT2D eigenvalue weighted by atomic mass is 15.3. The molecule has 0 aromatic carbocycles. The molecule has 0 atom stereocenters. The molecule has 4 heteroatoms. The highest BCUT2D eigenvalue weighted by Gasteiger charge is 2.17. The zero-order valence-electron chi connectivity index (χ0n) is 9.29. The van der Waals surface area contributed by atoms with Gasteiger partial charge in [-0.05, 0) is 18.9 Å². The van der Waals surface area contributed by atoms with Crippen molar-refractivity contribution >= 4 is 0 Å². The fourth-order valence-electron chi connectivity index (χ4n) is 2.40. The van der Waals surface area contributed by atoms with E-state index in [0.717, 1.165) is 12.2 Å². The van der Waals surface area contributed by atoms with Crippen LogP contribution in [0, 0.1) is 0 Å². The van der Waals surface area contributed by atoms with Crippen LogP contribution in [0.2, 0.25) is 0 Å². The zero-order valence-corrected chi connectivity index (χ0v) is 9.29. The maximum Gasteiger partial charge on any atom is 0.0949 e. The Kier molecular flexibility index (Phi) is 2.48. The van der Waals surface area contributed by atoms with E-state index in [1.165, 1.54) is 25.7 Å². The van der Waals surface area contributed by atoms with Crippen molar-refractivity contribution in [1.29, 1.82) is 0 Å². The molecule has 2 aromatic heterocycles. The van der Waals surface area contributed by atoms with Gasteiger partial charge in [0.25, 0.3) is 0 Å². The first kappa shape index (κ1) is 9.63. The van der Waals surface area contributed by atoms with Gasteiger partial charge in [-0.25, -0.2) is 4.98 Å². The summed E-state index contributed by atoms with van der Waals surface area (Å²) in [5.74, 6) is 0. The van der Waals surface area contributed by atoms with E-state index in [2.05, 4.69) is 27.0 Å². The smallest absolute Gasteiger partial charge is 0.0949 e. The minimum atomic E-state index is 0.636. The van der Waals surface area contributed by atoms with E-state index in [0.29, 0.717) is 6.04 Å². The van der Waals surface area contributed by atoms with Crippen LogP contribution >= 0.6 is 0 Å². The van der Waals surface area contributed by atoms with Crippen molar-refractivity contribution in [2.45, 2.75) is 38.3 Å². The molecule has 1 fully saturated rings. The monoisotopic (exact) mass is 216 g/mol. The van der Waals surface area contributed by atoms with E-state index in [4.69, 9.17) is 0 Å². The van der Waals surface area contributed by atoms with Crippen molar-refractivity contribution in [2.24, 2.45) is 0 Å². The largest absolute Gasteiger partial charge is 0.331 e. The summed E-state index contributed by atoms with van der Waals surface area (Å²) in [7, 11) is 0. The van der Waals surface area contributed by atoms with Crippen molar-refractivity contribution < 1.29 is 0 Å². The van der Waals surface area contributed by atoms with Crippen LogP contribution in [0.4, 0.5) is 0 Å². The SMILES string of the molecule is c1cn(Cc2ccn(C3CCCC3)n2)cn1. The molecule has 0 unspecified atom stereocenters. The van der Waals surface area contributed by atoms with E-state index < -0.39 is 0 Å². The summed E-state index contributed by atoms with van der Waals surface area (Å²) < 4.78 is 4.18. The molecule has 2 heterocycles. The van der Waals surface area contributed by atoms with Gasteiger partial charge >= 0.3 is 0 Å². The molecule has 1 aliphatic rings. The van der Waals surface area contributed by atoms with Crippen LogP contribution < -0.4 is 0 Å². The first-order valence-corrected chi connectivity index (χ1v) is 5.91. The van der Waals surface area contributed by atoms with Gasteiger partial charge in [-0.15, -0.1) is 0 Å².